The predicted molar refractivity (Wildman–Crippen MR) is 57.2 cm³/mol. The van der Waals surface area contributed by atoms with Crippen molar-refractivity contribution in [3.8, 4) is 6.07 Å². The maximum atomic E-state index is 11.8. The van der Waals surface area contributed by atoms with Crippen LogP contribution in [0.3, 0.4) is 0 Å². The third kappa shape index (κ3) is 2.68. The summed E-state index contributed by atoms with van der Waals surface area (Å²) >= 11 is 0. The number of hydrogen-bond donors (Lipinski definition) is 0. The number of aryl methyl sites for hydroxylation is 1. The fourth-order valence-corrected chi connectivity index (χ4v) is 2.53. The first-order valence-corrected chi connectivity index (χ1v) is 5.80. The van der Waals surface area contributed by atoms with Crippen molar-refractivity contribution in [2.24, 2.45) is 5.92 Å². The van der Waals surface area contributed by atoms with E-state index >= 15 is 0 Å². The quantitative estimate of drug-likeness (QED) is 0.762. The molecule has 0 saturated carbocycles. The highest BCUT2D eigenvalue weighted by Crippen LogP contribution is 2.14. The van der Waals surface area contributed by atoms with Crippen LogP contribution in [0.2, 0.25) is 0 Å². The van der Waals surface area contributed by atoms with Gasteiger partial charge in [-0.2, -0.15) is 5.26 Å². The molecule has 0 heterocycles. The molecule has 74 valence electrons. The summed E-state index contributed by atoms with van der Waals surface area (Å²) in [6.45, 7) is 3.72. The van der Waals surface area contributed by atoms with Gasteiger partial charge in [-0.3, -0.25) is 4.21 Å². The van der Waals surface area contributed by atoms with Crippen molar-refractivity contribution >= 4 is 10.8 Å². The summed E-state index contributed by atoms with van der Waals surface area (Å²) in [5.74, 6) is 0.261. The molecule has 0 aliphatic carbocycles. The van der Waals surface area contributed by atoms with Crippen LogP contribution < -0.4 is 0 Å². The van der Waals surface area contributed by atoms with Gasteiger partial charge in [0.05, 0.1) is 22.8 Å². The zero-order valence-electron chi connectivity index (χ0n) is 8.36. The van der Waals surface area contributed by atoms with Crippen LogP contribution in [0.5, 0.6) is 0 Å². The first-order valence-electron chi connectivity index (χ1n) is 4.48. The Morgan fingerprint density at radius 3 is 2.71 bits per heavy atom. The molecule has 0 saturated heterocycles. The van der Waals surface area contributed by atoms with Crippen LogP contribution in [0.25, 0.3) is 0 Å². The largest absolute Gasteiger partial charge is 0.254 e. The number of nitrogens with zero attached hydrogens (tertiary/aromatic N) is 1. The molecule has 1 rings (SSSR count). The smallest absolute Gasteiger partial charge is 0.0662 e. The van der Waals surface area contributed by atoms with Crippen LogP contribution >= 0.6 is 0 Å². The Labute approximate surface area is 87.0 Å². The Kier molecular flexibility index (Phi) is 3.84. The van der Waals surface area contributed by atoms with Gasteiger partial charge >= 0.3 is 0 Å². The van der Waals surface area contributed by atoms with Crippen molar-refractivity contribution in [3.05, 3.63) is 29.8 Å². The minimum absolute atomic E-state index is 0.157. The molecule has 1 aromatic carbocycles. The average Bonchev–Trinajstić information content (AvgIpc) is 2.18. The average molecular weight is 207 g/mol. The topological polar surface area (TPSA) is 40.9 Å². The molecule has 0 spiro atoms. The number of benzene rings is 1. The Morgan fingerprint density at radius 2 is 2.14 bits per heavy atom. The number of rotatable bonds is 3. The first kappa shape index (κ1) is 10.9. The minimum atomic E-state index is -1.05. The van der Waals surface area contributed by atoms with Gasteiger partial charge in [0.2, 0.25) is 0 Å². The van der Waals surface area contributed by atoms with E-state index < -0.39 is 10.8 Å². The Morgan fingerprint density at radius 1 is 1.50 bits per heavy atom. The molecular formula is C11H13NOS. The highest BCUT2D eigenvalue weighted by Gasteiger charge is 2.10. The molecule has 0 aliphatic rings. The number of nitriles is 1. The van der Waals surface area contributed by atoms with Crippen molar-refractivity contribution in [2.45, 2.75) is 18.7 Å². The van der Waals surface area contributed by atoms with Gasteiger partial charge in [-0.1, -0.05) is 18.2 Å². The molecule has 2 atom stereocenters. The SMILES string of the molecule is Cc1ccccc1S(=O)CC(C)C#N. The molecule has 2 nitrogen and oxygen atoms in total. The van der Waals surface area contributed by atoms with Crippen molar-refractivity contribution in [3.63, 3.8) is 0 Å². The fourth-order valence-electron chi connectivity index (χ4n) is 1.17. The lowest BCUT2D eigenvalue weighted by atomic mass is 10.2. The monoisotopic (exact) mass is 207 g/mol. The predicted octanol–water partition coefficient (Wildman–Crippen LogP) is 2.26. The summed E-state index contributed by atoms with van der Waals surface area (Å²) in [5.41, 5.74) is 1.02. The second-order valence-corrected chi connectivity index (χ2v) is 4.77. The van der Waals surface area contributed by atoms with Crippen molar-refractivity contribution in [1.29, 1.82) is 5.26 Å². The Hall–Kier alpha value is -1.14. The molecule has 1 aromatic rings. The molecule has 0 bridgehead atoms. The molecule has 3 heteroatoms. The van der Waals surface area contributed by atoms with E-state index in [4.69, 9.17) is 5.26 Å². The van der Waals surface area contributed by atoms with Gasteiger partial charge in [0, 0.05) is 10.6 Å². The van der Waals surface area contributed by atoms with Gasteiger partial charge in [0.25, 0.3) is 0 Å². The van der Waals surface area contributed by atoms with Gasteiger partial charge < -0.3 is 0 Å². The molecule has 0 radical (unpaired) electrons. The molecule has 0 aromatic heterocycles. The van der Waals surface area contributed by atoms with Gasteiger partial charge in [-0.15, -0.1) is 0 Å². The molecule has 0 amide bonds. The molecular weight excluding hydrogens is 194 g/mol. The Bertz CT molecular complexity index is 381. The zero-order valence-corrected chi connectivity index (χ0v) is 9.17. The Balaban J connectivity index is 2.81. The second kappa shape index (κ2) is 4.92. The summed E-state index contributed by atoms with van der Waals surface area (Å²) in [6.07, 6.45) is 0. The normalized spacial score (nSPS) is 14.4. The van der Waals surface area contributed by atoms with E-state index in [0.717, 1.165) is 10.5 Å². The van der Waals surface area contributed by atoms with Crippen LogP contribution in [0.1, 0.15) is 12.5 Å². The van der Waals surface area contributed by atoms with E-state index in [-0.39, 0.29) is 5.92 Å². The van der Waals surface area contributed by atoms with E-state index in [9.17, 15) is 4.21 Å². The van der Waals surface area contributed by atoms with Crippen molar-refractivity contribution < 1.29 is 4.21 Å². The van der Waals surface area contributed by atoms with E-state index in [0.29, 0.717) is 5.75 Å². The minimum Gasteiger partial charge on any atom is -0.254 e. The molecule has 2 unspecified atom stereocenters. The lowest BCUT2D eigenvalue weighted by Gasteiger charge is -2.05. The number of hydrogen-bond acceptors (Lipinski definition) is 2. The summed E-state index contributed by atoms with van der Waals surface area (Å²) in [7, 11) is -1.05. The molecule has 0 aliphatic heterocycles. The van der Waals surface area contributed by atoms with E-state index in [1.54, 1.807) is 6.92 Å². The van der Waals surface area contributed by atoms with E-state index in [1.165, 1.54) is 0 Å². The molecule has 14 heavy (non-hydrogen) atoms. The van der Waals surface area contributed by atoms with Crippen LogP contribution in [0.15, 0.2) is 29.2 Å². The lowest BCUT2D eigenvalue weighted by Crippen LogP contribution is -2.07. The third-order valence-corrected chi connectivity index (χ3v) is 3.71. The van der Waals surface area contributed by atoms with E-state index in [2.05, 4.69) is 6.07 Å². The maximum Gasteiger partial charge on any atom is 0.0662 e. The van der Waals surface area contributed by atoms with Crippen LogP contribution in [-0.2, 0) is 10.8 Å². The van der Waals surface area contributed by atoms with Gasteiger partial charge in [0.1, 0.15) is 0 Å². The molecule has 0 N–H and O–H groups in total. The third-order valence-electron chi connectivity index (χ3n) is 1.96. The van der Waals surface area contributed by atoms with Crippen LogP contribution in [0, 0.1) is 24.2 Å². The van der Waals surface area contributed by atoms with Crippen LogP contribution in [0.4, 0.5) is 0 Å². The van der Waals surface area contributed by atoms with Crippen molar-refractivity contribution in [2.75, 3.05) is 5.75 Å². The van der Waals surface area contributed by atoms with Gasteiger partial charge in [-0.05, 0) is 25.5 Å². The summed E-state index contributed by atoms with van der Waals surface area (Å²) in [6, 6.07) is 9.68. The second-order valence-electron chi connectivity index (χ2n) is 3.31. The summed E-state index contributed by atoms with van der Waals surface area (Å²) in [4.78, 5) is 0.842. The highest BCUT2D eigenvalue weighted by atomic mass is 32.2. The zero-order chi connectivity index (χ0) is 10.6. The maximum absolute atomic E-state index is 11.8. The lowest BCUT2D eigenvalue weighted by molar-refractivity contribution is 0.675. The van der Waals surface area contributed by atoms with E-state index in [1.807, 2.05) is 31.2 Å². The van der Waals surface area contributed by atoms with Gasteiger partial charge in [-0.25, -0.2) is 0 Å². The standard InChI is InChI=1S/C11H13NOS/c1-9(7-12)8-14(13)11-6-4-3-5-10(11)2/h3-6,9H,8H2,1-2H3. The van der Waals surface area contributed by atoms with Crippen LogP contribution in [-0.4, -0.2) is 9.96 Å². The summed E-state index contributed by atoms with van der Waals surface area (Å²) in [5, 5.41) is 8.62. The van der Waals surface area contributed by atoms with Gasteiger partial charge in [0.15, 0.2) is 0 Å². The first-order chi connectivity index (χ1) is 6.65. The summed E-state index contributed by atoms with van der Waals surface area (Å²) < 4.78 is 11.8. The molecule has 0 fully saturated rings. The fraction of sp³-hybridized carbons (Fsp3) is 0.364. The highest BCUT2D eigenvalue weighted by molar-refractivity contribution is 7.85. The van der Waals surface area contributed by atoms with Crippen molar-refractivity contribution in [1.82, 2.24) is 0 Å².